The second-order valence-corrected chi connectivity index (χ2v) is 8.77. The lowest BCUT2D eigenvalue weighted by Crippen LogP contribution is -2.77. The van der Waals surface area contributed by atoms with Crippen molar-refractivity contribution in [2.75, 3.05) is 5.32 Å². The van der Waals surface area contributed by atoms with Gasteiger partial charge in [0.25, 0.3) is 5.91 Å². The van der Waals surface area contributed by atoms with Crippen LogP contribution in [0.25, 0.3) is 11.3 Å². The third-order valence-corrected chi connectivity index (χ3v) is 6.23. The van der Waals surface area contributed by atoms with E-state index in [1.807, 2.05) is 44.4 Å². The van der Waals surface area contributed by atoms with E-state index in [0.717, 1.165) is 23.2 Å². The fraction of sp³-hybridized carbons (Fsp3) is 0.455. The largest absolute Gasteiger partial charge is 0.323 e. The summed E-state index contributed by atoms with van der Waals surface area (Å²) >= 11 is 0. The maximum absolute atomic E-state index is 13.2. The summed E-state index contributed by atoms with van der Waals surface area (Å²) in [6.45, 7) is 5.41. The minimum absolute atomic E-state index is 0.00698. The highest BCUT2D eigenvalue weighted by molar-refractivity contribution is 5.99. The molecule has 2 heterocycles. The van der Waals surface area contributed by atoms with E-state index in [0.29, 0.717) is 24.4 Å². The monoisotopic (exact) mass is 424 g/mol. The average molecular weight is 425 g/mol. The number of carbonyl (C=O) groups excluding carboxylic acids is 3. The normalized spacial score (nSPS) is 24.2. The number of likely N-dealkylation sites (tertiary alicyclic amines) is 1. The van der Waals surface area contributed by atoms with Gasteiger partial charge in [0.15, 0.2) is 0 Å². The molecule has 9 nitrogen and oxygen atoms in total. The van der Waals surface area contributed by atoms with E-state index in [9.17, 15) is 14.4 Å². The summed E-state index contributed by atoms with van der Waals surface area (Å²) < 4.78 is 1.74. The highest BCUT2D eigenvalue weighted by Gasteiger charge is 2.62. The number of hydrazine groups is 1. The van der Waals surface area contributed by atoms with Gasteiger partial charge in [-0.3, -0.25) is 25.1 Å². The van der Waals surface area contributed by atoms with Gasteiger partial charge in [0.1, 0.15) is 5.54 Å². The number of amides is 4. The number of hydrogen-bond acceptors (Lipinski definition) is 4. The Balaban J connectivity index is 1.55. The molecule has 1 aliphatic carbocycles. The molecule has 0 radical (unpaired) electrons. The zero-order valence-electron chi connectivity index (χ0n) is 18.2. The SMILES string of the molecule is CC(=O)NNC(=O)C12CC(C)CC(C1)N2C(=O)Nc1ccc(C)c(-c2ccn(C)n2)c1. The summed E-state index contributed by atoms with van der Waals surface area (Å²) in [6.07, 6.45) is 3.90. The molecule has 2 fully saturated rings. The summed E-state index contributed by atoms with van der Waals surface area (Å²) in [7, 11) is 1.86. The summed E-state index contributed by atoms with van der Waals surface area (Å²) in [5.74, 6) is -0.387. The molecule has 2 aromatic rings. The second-order valence-electron chi connectivity index (χ2n) is 8.77. The predicted octanol–water partition coefficient (Wildman–Crippen LogP) is 2.34. The van der Waals surface area contributed by atoms with Crippen LogP contribution in [-0.4, -0.2) is 44.1 Å². The molecule has 1 saturated carbocycles. The zero-order valence-corrected chi connectivity index (χ0v) is 18.2. The van der Waals surface area contributed by atoms with Crippen molar-refractivity contribution in [3.63, 3.8) is 0 Å². The van der Waals surface area contributed by atoms with Crippen molar-refractivity contribution in [1.82, 2.24) is 25.5 Å². The van der Waals surface area contributed by atoms with Crippen LogP contribution in [-0.2, 0) is 16.6 Å². The number of nitrogens with one attached hydrogen (secondary N) is 3. The van der Waals surface area contributed by atoms with Crippen molar-refractivity contribution in [3.05, 3.63) is 36.0 Å². The van der Waals surface area contributed by atoms with Gasteiger partial charge in [-0.05, 0) is 49.4 Å². The van der Waals surface area contributed by atoms with E-state index in [-0.39, 0.29) is 23.9 Å². The Bertz CT molecular complexity index is 1050. The van der Waals surface area contributed by atoms with Gasteiger partial charge in [0.05, 0.1) is 5.69 Å². The standard InChI is InChI=1S/C22H28N6O3/c1-13-9-17-12-22(11-13,20(30)25-24-15(3)29)28(17)21(31)23-16-6-5-14(2)18(10-16)19-7-8-27(4)26-19/h5-8,10,13,17H,9,11-12H2,1-4H3,(H,23,31)(H,24,29)(H,25,30). The molecule has 0 spiro atoms. The van der Waals surface area contributed by atoms with Gasteiger partial charge >= 0.3 is 6.03 Å². The molecule has 1 aromatic carbocycles. The first-order valence-electron chi connectivity index (χ1n) is 10.5. The number of rotatable bonds is 3. The maximum atomic E-state index is 13.2. The highest BCUT2D eigenvalue weighted by atomic mass is 16.2. The van der Waals surface area contributed by atoms with Gasteiger partial charge in [0, 0.05) is 43.9 Å². The van der Waals surface area contributed by atoms with Crippen LogP contribution in [0.15, 0.2) is 30.5 Å². The molecular weight excluding hydrogens is 396 g/mol. The van der Waals surface area contributed by atoms with Crippen molar-refractivity contribution in [1.29, 1.82) is 0 Å². The Labute approximate surface area is 181 Å². The van der Waals surface area contributed by atoms with E-state index < -0.39 is 5.54 Å². The number of benzene rings is 1. The Kier molecular flexibility index (Phi) is 5.20. The van der Waals surface area contributed by atoms with Gasteiger partial charge in [-0.1, -0.05) is 13.0 Å². The smallest absolute Gasteiger partial charge is 0.308 e. The quantitative estimate of drug-likeness (QED) is 0.657. The first kappa shape index (κ1) is 20.9. The number of carbonyl (C=O) groups is 3. The van der Waals surface area contributed by atoms with Crippen LogP contribution in [0.5, 0.6) is 0 Å². The molecular formula is C22H28N6O3. The Morgan fingerprint density at radius 1 is 1.16 bits per heavy atom. The van der Waals surface area contributed by atoms with E-state index in [2.05, 4.69) is 28.2 Å². The molecule has 4 amide bonds. The van der Waals surface area contributed by atoms with Gasteiger partial charge in [-0.2, -0.15) is 5.10 Å². The summed E-state index contributed by atoms with van der Waals surface area (Å²) in [5.41, 5.74) is 7.34. The fourth-order valence-electron chi connectivity index (χ4n) is 4.95. The number of aryl methyl sites for hydroxylation is 2. The van der Waals surface area contributed by atoms with Crippen molar-refractivity contribution < 1.29 is 14.4 Å². The van der Waals surface area contributed by atoms with E-state index >= 15 is 0 Å². The molecule has 3 atom stereocenters. The van der Waals surface area contributed by atoms with Crippen LogP contribution < -0.4 is 16.2 Å². The minimum atomic E-state index is -0.941. The molecule has 1 aromatic heterocycles. The lowest BCUT2D eigenvalue weighted by molar-refractivity contribution is -0.157. The van der Waals surface area contributed by atoms with Crippen LogP contribution in [0.2, 0.25) is 0 Å². The van der Waals surface area contributed by atoms with Gasteiger partial charge < -0.3 is 10.2 Å². The maximum Gasteiger partial charge on any atom is 0.323 e. The molecule has 1 saturated heterocycles. The average Bonchev–Trinajstić information content (AvgIpc) is 3.12. The third-order valence-electron chi connectivity index (χ3n) is 6.23. The number of hydrogen-bond donors (Lipinski definition) is 3. The number of piperidine rings is 1. The number of aromatic nitrogens is 2. The van der Waals surface area contributed by atoms with Gasteiger partial charge in [-0.15, -0.1) is 0 Å². The minimum Gasteiger partial charge on any atom is -0.308 e. The molecule has 3 N–H and O–H groups in total. The summed E-state index contributed by atoms with van der Waals surface area (Å²) in [4.78, 5) is 39.0. The lowest BCUT2D eigenvalue weighted by Gasteiger charge is -2.61. The molecule has 1 aliphatic heterocycles. The Hall–Kier alpha value is -3.36. The van der Waals surface area contributed by atoms with Crippen LogP contribution >= 0.6 is 0 Å². The van der Waals surface area contributed by atoms with Crippen molar-refractivity contribution >= 4 is 23.5 Å². The lowest BCUT2D eigenvalue weighted by atomic mass is 9.64. The first-order chi connectivity index (χ1) is 14.7. The molecule has 2 bridgehead atoms. The summed E-state index contributed by atoms with van der Waals surface area (Å²) in [5, 5.41) is 7.42. The molecule has 9 heteroatoms. The van der Waals surface area contributed by atoms with Crippen LogP contribution in [0.3, 0.4) is 0 Å². The van der Waals surface area contributed by atoms with E-state index in [1.54, 1.807) is 9.58 Å². The van der Waals surface area contributed by atoms with Crippen molar-refractivity contribution in [3.8, 4) is 11.3 Å². The first-order valence-corrected chi connectivity index (χ1v) is 10.5. The number of nitrogens with zero attached hydrogens (tertiary/aromatic N) is 3. The van der Waals surface area contributed by atoms with Crippen LogP contribution in [0, 0.1) is 12.8 Å². The molecule has 2 aliphatic rings. The third kappa shape index (κ3) is 3.75. The van der Waals surface area contributed by atoms with Crippen LogP contribution in [0.4, 0.5) is 10.5 Å². The number of anilines is 1. The molecule has 164 valence electrons. The Morgan fingerprint density at radius 2 is 1.94 bits per heavy atom. The second kappa shape index (κ2) is 7.72. The predicted molar refractivity (Wildman–Crippen MR) is 116 cm³/mol. The van der Waals surface area contributed by atoms with Crippen LogP contribution in [0.1, 0.15) is 38.7 Å². The molecule has 31 heavy (non-hydrogen) atoms. The van der Waals surface area contributed by atoms with E-state index in [4.69, 9.17) is 0 Å². The van der Waals surface area contributed by atoms with Gasteiger partial charge in [-0.25, -0.2) is 4.79 Å². The van der Waals surface area contributed by atoms with Crippen molar-refractivity contribution in [2.45, 2.75) is 51.6 Å². The number of urea groups is 1. The molecule has 3 unspecified atom stereocenters. The summed E-state index contributed by atoms with van der Waals surface area (Å²) in [6, 6.07) is 7.32. The zero-order chi connectivity index (χ0) is 22.3. The van der Waals surface area contributed by atoms with E-state index in [1.165, 1.54) is 6.92 Å². The van der Waals surface area contributed by atoms with Gasteiger partial charge in [0.2, 0.25) is 5.91 Å². The van der Waals surface area contributed by atoms with Crippen molar-refractivity contribution in [2.24, 2.45) is 13.0 Å². The molecule has 4 rings (SSSR count). The fourth-order valence-corrected chi connectivity index (χ4v) is 4.95. The highest BCUT2D eigenvalue weighted by Crippen LogP contribution is 2.50. The number of fused-ring (bicyclic) bond motifs is 2. The topological polar surface area (TPSA) is 108 Å². The Morgan fingerprint density at radius 3 is 2.61 bits per heavy atom.